The fourth-order valence-corrected chi connectivity index (χ4v) is 3.05. The molecule has 0 saturated heterocycles. The predicted octanol–water partition coefficient (Wildman–Crippen LogP) is 3.74. The van der Waals surface area contributed by atoms with Gasteiger partial charge in [0.2, 0.25) is 0 Å². The van der Waals surface area contributed by atoms with Crippen LogP contribution in [0.2, 0.25) is 0 Å². The minimum atomic E-state index is -0.0311. The number of rotatable bonds is 5. The Balaban J connectivity index is 1.79. The Morgan fingerprint density at radius 1 is 1.28 bits per heavy atom. The molecule has 0 aliphatic heterocycles. The first-order valence-electron chi connectivity index (χ1n) is 8.60. The number of nitrogens with zero attached hydrogens (tertiary/aromatic N) is 3. The van der Waals surface area contributed by atoms with Gasteiger partial charge >= 0.3 is 0 Å². The number of aromatic nitrogens is 3. The minimum absolute atomic E-state index is 0.0311. The predicted molar refractivity (Wildman–Crippen MR) is 99.8 cm³/mol. The van der Waals surface area contributed by atoms with Crippen LogP contribution in [0.1, 0.15) is 46.6 Å². The van der Waals surface area contributed by atoms with Crippen molar-refractivity contribution < 1.29 is 4.79 Å². The molecule has 1 atom stereocenters. The van der Waals surface area contributed by atoms with E-state index in [2.05, 4.69) is 22.2 Å². The van der Waals surface area contributed by atoms with Gasteiger partial charge in [0.05, 0.1) is 17.4 Å². The summed E-state index contributed by atoms with van der Waals surface area (Å²) in [5, 5.41) is 3.99. The van der Waals surface area contributed by atoms with E-state index in [-0.39, 0.29) is 5.91 Å². The minimum Gasteiger partial charge on any atom is -0.352 e. The second-order valence-corrected chi connectivity index (χ2v) is 6.62. The molecule has 0 spiro atoms. The fourth-order valence-electron chi connectivity index (χ4n) is 3.05. The van der Waals surface area contributed by atoms with Crippen LogP contribution in [-0.2, 0) is 0 Å². The maximum Gasteiger partial charge on any atom is 0.252 e. The number of carbonyl (C=O) groups excluding carboxylic acids is 1. The Morgan fingerprint density at radius 2 is 2.08 bits per heavy atom. The summed E-state index contributed by atoms with van der Waals surface area (Å²) in [6, 6.07) is 6.34. The molecule has 0 aliphatic rings. The van der Waals surface area contributed by atoms with E-state index in [0.29, 0.717) is 12.6 Å². The Kier molecular flexibility index (Phi) is 4.83. The van der Waals surface area contributed by atoms with Gasteiger partial charge < -0.3 is 9.88 Å². The first kappa shape index (κ1) is 17.1. The molecule has 0 radical (unpaired) electrons. The van der Waals surface area contributed by atoms with Gasteiger partial charge in [-0.15, -0.1) is 0 Å². The summed E-state index contributed by atoms with van der Waals surface area (Å²) in [4.78, 5) is 21.5. The highest BCUT2D eigenvalue weighted by Gasteiger charge is 2.16. The summed E-state index contributed by atoms with van der Waals surface area (Å²) in [5.41, 5.74) is 4.57. The fraction of sp³-hybridized carbons (Fsp3) is 0.350. The van der Waals surface area contributed by atoms with Gasteiger partial charge in [-0.1, -0.05) is 11.6 Å². The number of hydrogen-bond donors (Lipinski definition) is 1. The molecule has 2 heterocycles. The van der Waals surface area contributed by atoms with E-state index in [0.717, 1.165) is 39.7 Å². The van der Waals surface area contributed by atoms with E-state index in [9.17, 15) is 4.79 Å². The van der Waals surface area contributed by atoms with Gasteiger partial charge in [0.25, 0.3) is 5.91 Å². The van der Waals surface area contributed by atoms with Crippen molar-refractivity contribution in [2.75, 3.05) is 6.54 Å². The largest absolute Gasteiger partial charge is 0.352 e. The van der Waals surface area contributed by atoms with Crippen molar-refractivity contribution in [2.45, 2.75) is 40.2 Å². The summed E-state index contributed by atoms with van der Waals surface area (Å²) in [6.07, 6.45) is 6.37. The lowest BCUT2D eigenvalue weighted by atomic mass is 9.99. The molecule has 0 fully saturated rings. The molecule has 1 N–H and O–H groups in total. The number of imidazole rings is 1. The Bertz CT molecular complexity index is 900. The molecule has 3 rings (SSSR count). The van der Waals surface area contributed by atoms with Crippen LogP contribution in [0, 0.1) is 20.8 Å². The second-order valence-electron chi connectivity index (χ2n) is 6.62. The molecule has 1 aromatic carbocycles. The van der Waals surface area contributed by atoms with Gasteiger partial charge in [0, 0.05) is 36.1 Å². The lowest BCUT2D eigenvalue weighted by Gasteiger charge is -2.15. The zero-order valence-corrected chi connectivity index (χ0v) is 15.2. The third kappa shape index (κ3) is 3.55. The van der Waals surface area contributed by atoms with Crippen LogP contribution in [0.5, 0.6) is 0 Å². The highest BCUT2D eigenvalue weighted by Crippen LogP contribution is 2.24. The topological polar surface area (TPSA) is 59.8 Å². The molecular weight excluding hydrogens is 312 g/mol. The quantitative estimate of drug-likeness (QED) is 0.772. The van der Waals surface area contributed by atoms with Crippen molar-refractivity contribution >= 4 is 16.8 Å². The van der Waals surface area contributed by atoms with Gasteiger partial charge in [0.1, 0.15) is 0 Å². The molecule has 3 aromatic rings. The molecule has 0 unspecified atom stereocenters. The monoisotopic (exact) mass is 336 g/mol. The molecule has 0 bridgehead atoms. The average Bonchev–Trinajstić information content (AvgIpc) is 3.11. The molecule has 2 aromatic heterocycles. The van der Waals surface area contributed by atoms with E-state index in [4.69, 9.17) is 0 Å². The molecular formula is C20H24N4O. The Hall–Kier alpha value is -2.69. The van der Waals surface area contributed by atoms with Crippen molar-refractivity contribution in [2.24, 2.45) is 0 Å². The van der Waals surface area contributed by atoms with Gasteiger partial charge in [-0.2, -0.15) is 0 Å². The zero-order valence-electron chi connectivity index (χ0n) is 15.2. The number of benzene rings is 1. The Labute approximate surface area is 148 Å². The van der Waals surface area contributed by atoms with Crippen molar-refractivity contribution in [1.29, 1.82) is 0 Å². The van der Waals surface area contributed by atoms with Crippen molar-refractivity contribution in [3.8, 4) is 0 Å². The smallest absolute Gasteiger partial charge is 0.252 e. The van der Waals surface area contributed by atoms with Crippen LogP contribution in [0.25, 0.3) is 10.9 Å². The van der Waals surface area contributed by atoms with Crippen LogP contribution in [0.4, 0.5) is 0 Å². The molecule has 5 nitrogen and oxygen atoms in total. The second kappa shape index (κ2) is 7.05. The lowest BCUT2D eigenvalue weighted by molar-refractivity contribution is 0.0952. The van der Waals surface area contributed by atoms with Crippen LogP contribution in [0.15, 0.2) is 36.9 Å². The normalized spacial score (nSPS) is 12.3. The number of carbonyl (C=O) groups is 1. The van der Waals surface area contributed by atoms with Crippen molar-refractivity contribution in [1.82, 2.24) is 19.9 Å². The van der Waals surface area contributed by atoms with Crippen molar-refractivity contribution in [3.63, 3.8) is 0 Å². The molecule has 5 heteroatoms. The van der Waals surface area contributed by atoms with Crippen LogP contribution in [0.3, 0.4) is 0 Å². The van der Waals surface area contributed by atoms with E-state index in [1.807, 2.05) is 49.7 Å². The van der Waals surface area contributed by atoms with Gasteiger partial charge in [-0.25, -0.2) is 4.98 Å². The van der Waals surface area contributed by atoms with Gasteiger partial charge in [-0.05, 0) is 51.8 Å². The maximum absolute atomic E-state index is 12.9. The summed E-state index contributed by atoms with van der Waals surface area (Å²) < 4.78 is 2.05. The van der Waals surface area contributed by atoms with E-state index in [1.54, 1.807) is 12.5 Å². The lowest BCUT2D eigenvalue weighted by Crippen LogP contribution is -2.27. The number of nitrogens with one attached hydrogen (secondary N) is 1. The molecule has 1 amide bonds. The highest BCUT2D eigenvalue weighted by molar-refractivity contribution is 6.07. The van der Waals surface area contributed by atoms with Crippen molar-refractivity contribution in [3.05, 3.63) is 59.3 Å². The first-order valence-corrected chi connectivity index (χ1v) is 8.60. The first-order chi connectivity index (χ1) is 12.0. The summed E-state index contributed by atoms with van der Waals surface area (Å²) in [7, 11) is 0. The van der Waals surface area contributed by atoms with Crippen LogP contribution < -0.4 is 5.32 Å². The maximum atomic E-state index is 12.9. The number of amides is 1. The number of aryl methyl sites for hydroxylation is 2. The third-order valence-electron chi connectivity index (χ3n) is 4.74. The number of pyridine rings is 1. The van der Waals surface area contributed by atoms with Crippen LogP contribution in [-0.4, -0.2) is 27.0 Å². The standard InChI is InChI=1S/C20H24N4O/c1-13-5-6-18-17(11-13)19(15(3)16(4)23-18)20(25)22-8-7-14(2)24-10-9-21-12-24/h5-6,9-12,14H,7-8H2,1-4H3,(H,22,25)/t14-/m0/s1. The van der Waals surface area contributed by atoms with Crippen LogP contribution >= 0.6 is 0 Å². The highest BCUT2D eigenvalue weighted by atomic mass is 16.1. The zero-order chi connectivity index (χ0) is 18.0. The molecule has 0 saturated carbocycles. The summed E-state index contributed by atoms with van der Waals surface area (Å²) in [6.45, 7) is 8.68. The number of hydrogen-bond acceptors (Lipinski definition) is 3. The Morgan fingerprint density at radius 3 is 2.80 bits per heavy atom. The molecule has 0 aliphatic carbocycles. The third-order valence-corrected chi connectivity index (χ3v) is 4.74. The van der Waals surface area contributed by atoms with Gasteiger partial charge in [0.15, 0.2) is 0 Å². The van der Waals surface area contributed by atoms with E-state index < -0.39 is 0 Å². The summed E-state index contributed by atoms with van der Waals surface area (Å²) >= 11 is 0. The molecule has 25 heavy (non-hydrogen) atoms. The van der Waals surface area contributed by atoms with E-state index >= 15 is 0 Å². The van der Waals surface area contributed by atoms with Gasteiger partial charge in [-0.3, -0.25) is 9.78 Å². The average molecular weight is 336 g/mol. The van der Waals surface area contributed by atoms with E-state index in [1.165, 1.54) is 0 Å². The number of fused-ring (bicyclic) bond motifs is 1. The SMILES string of the molecule is Cc1ccc2nc(C)c(C)c(C(=O)NCC[C@H](C)n3ccnc3)c2c1. The molecule has 130 valence electrons. The summed E-state index contributed by atoms with van der Waals surface area (Å²) in [5.74, 6) is -0.0311.